The van der Waals surface area contributed by atoms with E-state index in [1.807, 2.05) is 0 Å². The Labute approximate surface area is 106 Å². The highest BCUT2D eigenvalue weighted by atomic mass is 35.5. The Balaban J connectivity index is 2.43. The first-order valence-electron chi connectivity index (χ1n) is 5.05. The van der Waals surface area contributed by atoms with Gasteiger partial charge in [0.15, 0.2) is 10.8 Å². The monoisotopic (exact) mass is 273 g/mol. The Morgan fingerprint density at radius 1 is 1.50 bits per heavy atom. The second-order valence-electron chi connectivity index (χ2n) is 3.77. The molecule has 2 aromatic rings. The molecule has 0 radical (unpaired) electrons. The van der Waals surface area contributed by atoms with Crippen LogP contribution in [0.4, 0.5) is 14.7 Å². The summed E-state index contributed by atoms with van der Waals surface area (Å²) in [5, 5.41) is 0.0447. The Morgan fingerprint density at radius 2 is 2.22 bits per heavy atom. The number of anilines is 1. The molecule has 8 heteroatoms. The van der Waals surface area contributed by atoms with Gasteiger partial charge in [0.2, 0.25) is 5.95 Å². The molecule has 0 fully saturated rings. The fourth-order valence-corrected chi connectivity index (χ4v) is 1.79. The van der Waals surface area contributed by atoms with E-state index in [0.717, 1.165) is 6.08 Å². The highest BCUT2D eigenvalue weighted by Crippen LogP contribution is 2.25. The molecule has 2 N–H and O–H groups in total. The highest BCUT2D eigenvalue weighted by Gasteiger charge is 2.29. The number of allylic oxidation sites excluding steroid dienone is 1. The van der Waals surface area contributed by atoms with Crippen molar-refractivity contribution in [2.75, 3.05) is 5.73 Å². The van der Waals surface area contributed by atoms with Gasteiger partial charge >= 0.3 is 0 Å². The number of aromatic nitrogens is 4. The summed E-state index contributed by atoms with van der Waals surface area (Å²) in [7, 11) is 0. The molecule has 96 valence electrons. The minimum atomic E-state index is -2.93. The normalized spacial score (nSPS) is 11.9. The van der Waals surface area contributed by atoms with Gasteiger partial charge in [-0.05, 0) is 0 Å². The molecule has 0 saturated carbocycles. The summed E-state index contributed by atoms with van der Waals surface area (Å²) in [6, 6.07) is 0. The van der Waals surface area contributed by atoms with Crippen molar-refractivity contribution in [2.45, 2.75) is 18.9 Å². The van der Waals surface area contributed by atoms with Crippen LogP contribution in [0.5, 0.6) is 0 Å². The van der Waals surface area contributed by atoms with Crippen LogP contribution < -0.4 is 5.73 Å². The molecule has 2 rings (SSSR count). The number of alkyl halides is 2. The first kappa shape index (κ1) is 12.7. The lowest BCUT2D eigenvalue weighted by molar-refractivity contribution is -0.0121. The van der Waals surface area contributed by atoms with Gasteiger partial charge < -0.3 is 10.3 Å². The van der Waals surface area contributed by atoms with Crippen LogP contribution in [0.25, 0.3) is 11.2 Å². The van der Waals surface area contributed by atoms with Crippen LogP contribution in [-0.4, -0.2) is 25.4 Å². The number of imidazole rings is 1. The number of halogens is 3. The summed E-state index contributed by atoms with van der Waals surface area (Å²) in [4.78, 5) is 11.5. The molecule has 0 bridgehead atoms. The third-order valence-corrected chi connectivity index (χ3v) is 2.55. The summed E-state index contributed by atoms with van der Waals surface area (Å²) < 4.78 is 28.2. The van der Waals surface area contributed by atoms with Gasteiger partial charge in [0.25, 0.3) is 5.92 Å². The second-order valence-corrected chi connectivity index (χ2v) is 4.12. The van der Waals surface area contributed by atoms with Crippen LogP contribution in [0.1, 0.15) is 6.42 Å². The van der Waals surface area contributed by atoms with Gasteiger partial charge in [-0.2, -0.15) is 9.97 Å². The van der Waals surface area contributed by atoms with E-state index in [4.69, 9.17) is 17.3 Å². The summed E-state index contributed by atoms with van der Waals surface area (Å²) in [6.07, 6.45) is 1.97. The average Bonchev–Trinajstić information content (AvgIpc) is 2.60. The first-order chi connectivity index (χ1) is 8.43. The maximum atomic E-state index is 13.5. The third-order valence-electron chi connectivity index (χ3n) is 2.28. The van der Waals surface area contributed by atoms with Gasteiger partial charge in [-0.15, -0.1) is 6.58 Å². The van der Waals surface area contributed by atoms with E-state index >= 15 is 0 Å². The van der Waals surface area contributed by atoms with Crippen molar-refractivity contribution < 1.29 is 8.78 Å². The fraction of sp³-hybridized carbons (Fsp3) is 0.300. The predicted molar refractivity (Wildman–Crippen MR) is 64.5 cm³/mol. The third kappa shape index (κ3) is 2.40. The zero-order chi connectivity index (χ0) is 13.3. The van der Waals surface area contributed by atoms with Gasteiger partial charge in [-0.25, -0.2) is 13.8 Å². The van der Waals surface area contributed by atoms with Gasteiger partial charge in [0.05, 0.1) is 12.9 Å². The van der Waals surface area contributed by atoms with E-state index in [1.165, 1.54) is 10.9 Å². The Bertz CT molecular complexity index is 595. The van der Waals surface area contributed by atoms with E-state index in [1.54, 1.807) is 0 Å². The smallest absolute Gasteiger partial charge is 0.269 e. The molecule has 0 atom stereocenters. The molecule has 2 aromatic heterocycles. The topological polar surface area (TPSA) is 69.6 Å². The number of nitrogens with two attached hydrogens (primary N) is 1. The molecule has 0 aromatic carbocycles. The fourth-order valence-electron chi connectivity index (χ4n) is 1.57. The minimum absolute atomic E-state index is 0.0447. The zero-order valence-electron chi connectivity index (χ0n) is 9.28. The van der Waals surface area contributed by atoms with E-state index in [-0.39, 0.29) is 22.3 Å². The molecule has 5 nitrogen and oxygen atoms in total. The molecular formula is C10H10ClF2N5. The van der Waals surface area contributed by atoms with Crippen molar-refractivity contribution >= 4 is 28.7 Å². The largest absolute Gasteiger partial charge is 0.368 e. The quantitative estimate of drug-likeness (QED) is 0.685. The number of hydrogen-bond donors (Lipinski definition) is 1. The number of nitrogens with zero attached hydrogens (tertiary/aromatic N) is 4. The lowest BCUT2D eigenvalue weighted by atomic mass is 10.2. The molecule has 0 unspecified atom stereocenters. The molecule has 0 saturated heterocycles. The SMILES string of the molecule is C=CCC(F)(F)Cn1cnc2c(Cl)nc(N)nc21. The first-order valence-corrected chi connectivity index (χ1v) is 5.43. The van der Waals surface area contributed by atoms with Crippen LogP contribution in [0.2, 0.25) is 5.15 Å². The lowest BCUT2D eigenvalue weighted by Gasteiger charge is -2.14. The molecule has 2 heterocycles. The van der Waals surface area contributed by atoms with Crippen LogP contribution >= 0.6 is 11.6 Å². The zero-order valence-corrected chi connectivity index (χ0v) is 10.0. The van der Waals surface area contributed by atoms with Crippen molar-refractivity contribution in [1.29, 1.82) is 0 Å². The van der Waals surface area contributed by atoms with Crippen molar-refractivity contribution in [2.24, 2.45) is 0 Å². The van der Waals surface area contributed by atoms with Gasteiger partial charge in [-0.1, -0.05) is 17.7 Å². The average molecular weight is 274 g/mol. The molecule has 0 aliphatic heterocycles. The van der Waals surface area contributed by atoms with Crippen molar-refractivity contribution in [3.63, 3.8) is 0 Å². The summed E-state index contributed by atoms with van der Waals surface area (Å²) in [5.74, 6) is -3.01. The Morgan fingerprint density at radius 3 is 2.89 bits per heavy atom. The van der Waals surface area contributed by atoms with E-state index in [9.17, 15) is 8.78 Å². The van der Waals surface area contributed by atoms with Crippen LogP contribution in [0, 0.1) is 0 Å². The number of rotatable bonds is 4. The molecular weight excluding hydrogens is 264 g/mol. The lowest BCUT2D eigenvalue weighted by Crippen LogP contribution is -2.22. The summed E-state index contributed by atoms with van der Waals surface area (Å²) >= 11 is 5.80. The van der Waals surface area contributed by atoms with Crippen LogP contribution in [-0.2, 0) is 6.54 Å². The Kier molecular flexibility index (Phi) is 3.16. The highest BCUT2D eigenvalue weighted by molar-refractivity contribution is 6.33. The second kappa shape index (κ2) is 4.49. The molecule has 0 aliphatic carbocycles. The van der Waals surface area contributed by atoms with E-state index in [2.05, 4.69) is 21.5 Å². The van der Waals surface area contributed by atoms with Crippen molar-refractivity contribution in [1.82, 2.24) is 19.5 Å². The van der Waals surface area contributed by atoms with Gasteiger partial charge in [0.1, 0.15) is 5.52 Å². The summed E-state index contributed by atoms with van der Waals surface area (Å²) in [6.45, 7) is 2.73. The number of fused-ring (bicyclic) bond motifs is 1. The number of hydrogen-bond acceptors (Lipinski definition) is 4. The standard InChI is InChI=1S/C10H10ClF2N5/c1-2-3-10(12,13)4-18-5-15-6-7(11)16-9(14)17-8(6)18/h2,5H,1,3-4H2,(H2,14,16,17). The van der Waals surface area contributed by atoms with Crippen molar-refractivity contribution in [3.8, 4) is 0 Å². The number of nitrogen functional groups attached to an aromatic ring is 1. The van der Waals surface area contributed by atoms with E-state index in [0.29, 0.717) is 0 Å². The minimum Gasteiger partial charge on any atom is -0.368 e. The predicted octanol–water partition coefficient (Wildman–Crippen LogP) is 2.27. The van der Waals surface area contributed by atoms with Crippen LogP contribution in [0.3, 0.4) is 0 Å². The van der Waals surface area contributed by atoms with Crippen LogP contribution in [0.15, 0.2) is 19.0 Å². The molecule has 0 aliphatic rings. The van der Waals surface area contributed by atoms with Gasteiger partial charge in [-0.3, -0.25) is 0 Å². The Hall–Kier alpha value is -1.76. The van der Waals surface area contributed by atoms with Crippen molar-refractivity contribution in [3.05, 3.63) is 24.1 Å². The van der Waals surface area contributed by atoms with E-state index < -0.39 is 18.9 Å². The molecule has 0 amide bonds. The van der Waals surface area contributed by atoms with Gasteiger partial charge in [0, 0.05) is 6.42 Å². The maximum absolute atomic E-state index is 13.5. The summed E-state index contributed by atoms with van der Waals surface area (Å²) in [5.41, 5.74) is 5.86. The maximum Gasteiger partial charge on any atom is 0.269 e. The molecule has 0 spiro atoms. The molecule has 18 heavy (non-hydrogen) atoms.